The van der Waals surface area contributed by atoms with Crippen LogP contribution in [0.15, 0.2) is 18.3 Å². The minimum atomic E-state index is -0.105. The van der Waals surface area contributed by atoms with Gasteiger partial charge in [0.05, 0.1) is 12.8 Å². The summed E-state index contributed by atoms with van der Waals surface area (Å²) in [7, 11) is 1.58. The summed E-state index contributed by atoms with van der Waals surface area (Å²) < 4.78 is 5.29. The van der Waals surface area contributed by atoms with E-state index in [1.807, 2.05) is 13.0 Å². The van der Waals surface area contributed by atoms with Crippen molar-refractivity contribution in [1.29, 1.82) is 0 Å². The van der Waals surface area contributed by atoms with Crippen LogP contribution in [-0.4, -0.2) is 58.1 Å². The van der Waals surface area contributed by atoms with Gasteiger partial charge in [0.2, 0.25) is 11.8 Å². The number of aromatic nitrogens is 3. The third-order valence-electron chi connectivity index (χ3n) is 6.95. The molecule has 1 aliphatic heterocycles. The Kier molecular flexibility index (Phi) is 6.77. The van der Waals surface area contributed by atoms with Crippen LogP contribution in [0.25, 0.3) is 11.3 Å². The predicted octanol–water partition coefficient (Wildman–Crippen LogP) is 3.34. The van der Waals surface area contributed by atoms with Crippen molar-refractivity contribution < 1.29 is 14.3 Å². The highest BCUT2D eigenvalue weighted by atomic mass is 16.5. The average Bonchev–Trinajstić information content (AvgIpc) is 3.30. The molecule has 172 valence electrons. The van der Waals surface area contributed by atoms with Crippen molar-refractivity contribution in [3.8, 4) is 17.1 Å². The van der Waals surface area contributed by atoms with Gasteiger partial charge in [0.15, 0.2) is 5.69 Å². The third kappa shape index (κ3) is 4.79. The maximum Gasteiger partial charge on any atom is 0.274 e. The standard InChI is InChI=1S/C24H33N5O3/c1-15-4-6-18(7-5-15)26-22(30)17-9-12-29(13-10-17)24(31)21-14-20(27-28-21)19-8-11-25-23(32-3)16(19)2/h8,11,14-15,17-18H,4-7,9-10,12-13H2,1-3H3,(H,26,30)(H,27,28). The van der Waals surface area contributed by atoms with Gasteiger partial charge in [-0.25, -0.2) is 4.98 Å². The van der Waals surface area contributed by atoms with Crippen molar-refractivity contribution in [2.24, 2.45) is 11.8 Å². The Morgan fingerprint density at radius 3 is 2.56 bits per heavy atom. The van der Waals surface area contributed by atoms with Gasteiger partial charge in [-0.3, -0.25) is 14.7 Å². The van der Waals surface area contributed by atoms with Gasteiger partial charge in [-0.05, 0) is 63.5 Å². The fraction of sp³-hybridized carbons (Fsp3) is 0.583. The van der Waals surface area contributed by atoms with E-state index in [9.17, 15) is 9.59 Å². The van der Waals surface area contributed by atoms with Crippen molar-refractivity contribution in [3.05, 3.63) is 29.6 Å². The number of aromatic amines is 1. The van der Waals surface area contributed by atoms with E-state index >= 15 is 0 Å². The molecule has 2 amide bonds. The van der Waals surface area contributed by atoms with Gasteiger partial charge in [0.1, 0.15) is 0 Å². The van der Waals surface area contributed by atoms with Crippen LogP contribution in [0.1, 0.15) is 61.5 Å². The Morgan fingerprint density at radius 2 is 1.88 bits per heavy atom. The largest absolute Gasteiger partial charge is 0.481 e. The lowest BCUT2D eigenvalue weighted by molar-refractivity contribution is -0.127. The molecule has 1 aliphatic carbocycles. The van der Waals surface area contributed by atoms with E-state index in [0.29, 0.717) is 43.5 Å². The molecule has 0 spiro atoms. The monoisotopic (exact) mass is 439 g/mol. The highest BCUT2D eigenvalue weighted by Crippen LogP contribution is 2.28. The molecule has 8 heteroatoms. The van der Waals surface area contributed by atoms with Crippen LogP contribution >= 0.6 is 0 Å². The molecule has 2 aromatic heterocycles. The molecule has 32 heavy (non-hydrogen) atoms. The van der Waals surface area contributed by atoms with Crippen LogP contribution in [0.3, 0.4) is 0 Å². The maximum absolute atomic E-state index is 13.0. The van der Waals surface area contributed by atoms with Crippen molar-refractivity contribution in [1.82, 2.24) is 25.4 Å². The van der Waals surface area contributed by atoms with Crippen LogP contribution < -0.4 is 10.1 Å². The van der Waals surface area contributed by atoms with E-state index in [1.165, 1.54) is 12.8 Å². The Bertz CT molecular complexity index is 956. The van der Waals surface area contributed by atoms with Gasteiger partial charge < -0.3 is 15.0 Å². The molecule has 4 rings (SSSR count). The smallest absolute Gasteiger partial charge is 0.274 e. The van der Waals surface area contributed by atoms with E-state index in [2.05, 4.69) is 27.4 Å². The fourth-order valence-electron chi connectivity index (χ4n) is 4.81. The van der Waals surface area contributed by atoms with Crippen molar-refractivity contribution in [2.75, 3.05) is 20.2 Å². The zero-order valence-corrected chi connectivity index (χ0v) is 19.2. The fourth-order valence-corrected chi connectivity index (χ4v) is 4.81. The Balaban J connectivity index is 1.33. The average molecular weight is 440 g/mol. The minimum absolute atomic E-state index is 0.0138. The molecule has 2 aliphatic rings. The highest BCUT2D eigenvalue weighted by molar-refractivity contribution is 5.93. The van der Waals surface area contributed by atoms with Crippen molar-refractivity contribution >= 4 is 11.8 Å². The van der Waals surface area contributed by atoms with Crippen LogP contribution in [0.5, 0.6) is 5.88 Å². The first kappa shape index (κ1) is 22.3. The second-order valence-electron chi connectivity index (χ2n) is 9.19. The van der Waals surface area contributed by atoms with E-state index in [0.717, 1.165) is 35.6 Å². The first-order valence-electron chi connectivity index (χ1n) is 11.6. The number of carbonyl (C=O) groups excluding carboxylic acids is 2. The second-order valence-corrected chi connectivity index (χ2v) is 9.19. The van der Waals surface area contributed by atoms with Gasteiger partial charge in [-0.2, -0.15) is 5.10 Å². The van der Waals surface area contributed by atoms with Gasteiger partial charge in [-0.1, -0.05) is 6.92 Å². The quantitative estimate of drug-likeness (QED) is 0.744. The summed E-state index contributed by atoms with van der Waals surface area (Å²) in [5, 5.41) is 10.5. The van der Waals surface area contributed by atoms with E-state index in [1.54, 1.807) is 24.3 Å². The van der Waals surface area contributed by atoms with Crippen LogP contribution in [0.4, 0.5) is 0 Å². The predicted molar refractivity (Wildman–Crippen MR) is 121 cm³/mol. The van der Waals surface area contributed by atoms with Gasteiger partial charge >= 0.3 is 0 Å². The number of hydrogen-bond acceptors (Lipinski definition) is 5. The number of methoxy groups -OCH3 is 1. The number of H-pyrrole nitrogens is 1. The number of nitrogens with one attached hydrogen (secondary N) is 2. The lowest BCUT2D eigenvalue weighted by Gasteiger charge is -2.33. The second kappa shape index (κ2) is 9.71. The van der Waals surface area contributed by atoms with Gasteiger partial charge in [-0.15, -0.1) is 0 Å². The van der Waals surface area contributed by atoms with Crippen molar-refractivity contribution in [2.45, 2.75) is 58.4 Å². The summed E-state index contributed by atoms with van der Waals surface area (Å²) in [6.07, 6.45) is 7.60. The molecular formula is C24H33N5O3. The van der Waals surface area contributed by atoms with Crippen LogP contribution in [-0.2, 0) is 4.79 Å². The Labute approximate surface area is 189 Å². The molecule has 2 aromatic rings. The van der Waals surface area contributed by atoms with E-state index in [4.69, 9.17) is 4.74 Å². The minimum Gasteiger partial charge on any atom is -0.481 e. The summed E-state index contributed by atoms with van der Waals surface area (Å²) in [6.45, 7) is 5.35. The molecule has 2 N–H and O–H groups in total. The van der Waals surface area contributed by atoms with Crippen molar-refractivity contribution in [3.63, 3.8) is 0 Å². The summed E-state index contributed by atoms with van der Waals surface area (Å²) in [6, 6.07) is 3.96. The number of likely N-dealkylation sites (tertiary alicyclic amines) is 1. The molecule has 1 saturated heterocycles. The number of piperidine rings is 1. The zero-order chi connectivity index (χ0) is 22.7. The Hall–Kier alpha value is -2.90. The molecule has 8 nitrogen and oxygen atoms in total. The summed E-state index contributed by atoms with van der Waals surface area (Å²) >= 11 is 0. The Morgan fingerprint density at radius 1 is 1.16 bits per heavy atom. The molecule has 0 aromatic carbocycles. The molecule has 3 heterocycles. The highest BCUT2D eigenvalue weighted by Gasteiger charge is 2.30. The van der Waals surface area contributed by atoms with E-state index in [-0.39, 0.29) is 17.7 Å². The van der Waals surface area contributed by atoms with E-state index < -0.39 is 0 Å². The molecule has 0 atom stereocenters. The first-order valence-corrected chi connectivity index (χ1v) is 11.6. The molecule has 2 fully saturated rings. The first-order chi connectivity index (χ1) is 15.5. The molecule has 0 bridgehead atoms. The normalized spacial score (nSPS) is 21.9. The van der Waals surface area contributed by atoms with Crippen LogP contribution in [0, 0.1) is 18.8 Å². The zero-order valence-electron chi connectivity index (χ0n) is 19.2. The van der Waals surface area contributed by atoms with Crippen LogP contribution in [0.2, 0.25) is 0 Å². The molecule has 0 radical (unpaired) electrons. The molecule has 0 unspecified atom stereocenters. The number of amides is 2. The topological polar surface area (TPSA) is 100 Å². The number of hydrogen-bond donors (Lipinski definition) is 2. The lowest BCUT2D eigenvalue weighted by atomic mass is 9.86. The van der Waals surface area contributed by atoms with Gasteiger partial charge in [0.25, 0.3) is 5.91 Å². The summed E-state index contributed by atoms with van der Waals surface area (Å²) in [4.78, 5) is 31.7. The molecule has 1 saturated carbocycles. The summed E-state index contributed by atoms with van der Waals surface area (Å²) in [5.74, 6) is 1.35. The number of rotatable bonds is 5. The van der Waals surface area contributed by atoms with Gasteiger partial charge in [0, 0.05) is 42.4 Å². The maximum atomic E-state index is 13.0. The molecular weight excluding hydrogens is 406 g/mol. The lowest BCUT2D eigenvalue weighted by Crippen LogP contribution is -2.46. The third-order valence-corrected chi connectivity index (χ3v) is 6.95. The number of pyridine rings is 1. The summed E-state index contributed by atoms with van der Waals surface area (Å²) in [5.41, 5.74) is 2.92. The SMILES string of the molecule is COc1nccc(-c2cc(C(=O)N3CCC(C(=O)NC4CCC(C)CC4)CC3)n[nH]2)c1C. The number of nitrogens with zero attached hydrogens (tertiary/aromatic N) is 3. The number of ether oxygens (including phenoxy) is 1. The number of carbonyl (C=O) groups is 2.